The Morgan fingerprint density at radius 1 is 0.931 bits per heavy atom. The van der Waals surface area contributed by atoms with Gasteiger partial charge in [-0.25, -0.2) is 4.79 Å². The van der Waals surface area contributed by atoms with Crippen LogP contribution in [0.5, 0.6) is 5.75 Å². The summed E-state index contributed by atoms with van der Waals surface area (Å²) in [5, 5.41) is 5.83. The number of carbonyl (C=O) groups is 1. The van der Waals surface area contributed by atoms with Crippen molar-refractivity contribution >= 4 is 11.7 Å². The standard InChI is InChI=1S/C24H41N3O2/c1-2-3-4-5-6-7-8-12-21-29-23-15-13-22(14-16-23)26-24(28)25-17-20-27-18-10-9-11-19-27/h13-16H,2-12,17-21H2,1H3,(H2,25,26,28). The molecule has 2 N–H and O–H groups in total. The predicted octanol–water partition coefficient (Wildman–Crippen LogP) is 5.81. The second-order valence-corrected chi connectivity index (χ2v) is 8.13. The number of hydrogen-bond donors (Lipinski definition) is 2. The van der Waals surface area contributed by atoms with E-state index in [2.05, 4.69) is 22.5 Å². The Hall–Kier alpha value is -1.75. The van der Waals surface area contributed by atoms with Crippen molar-refractivity contribution in [3.05, 3.63) is 24.3 Å². The lowest BCUT2D eigenvalue weighted by atomic mass is 10.1. The Bertz CT molecular complexity index is 542. The molecule has 1 saturated heterocycles. The molecule has 164 valence electrons. The fourth-order valence-electron chi connectivity index (χ4n) is 3.75. The van der Waals surface area contributed by atoms with Crippen LogP contribution in [0.25, 0.3) is 0 Å². The first-order valence-electron chi connectivity index (χ1n) is 11.8. The molecule has 0 spiro atoms. The average molecular weight is 404 g/mol. The highest BCUT2D eigenvalue weighted by atomic mass is 16.5. The van der Waals surface area contributed by atoms with Crippen LogP contribution in [-0.2, 0) is 0 Å². The fourth-order valence-corrected chi connectivity index (χ4v) is 3.75. The van der Waals surface area contributed by atoms with Crippen LogP contribution in [0.4, 0.5) is 10.5 Å². The van der Waals surface area contributed by atoms with E-state index >= 15 is 0 Å². The van der Waals surface area contributed by atoms with Crippen LogP contribution in [0.1, 0.15) is 77.6 Å². The molecule has 29 heavy (non-hydrogen) atoms. The van der Waals surface area contributed by atoms with E-state index in [1.54, 1.807) is 0 Å². The molecule has 1 heterocycles. The van der Waals surface area contributed by atoms with Crippen LogP contribution in [0.2, 0.25) is 0 Å². The van der Waals surface area contributed by atoms with Crippen LogP contribution in [0.3, 0.4) is 0 Å². The maximum absolute atomic E-state index is 12.0. The maximum Gasteiger partial charge on any atom is 0.319 e. The number of carbonyl (C=O) groups excluding carboxylic acids is 1. The molecular weight excluding hydrogens is 362 g/mol. The van der Waals surface area contributed by atoms with Gasteiger partial charge in [-0.2, -0.15) is 0 Å². The summed E-state index contributed by atoms with van der Waals surface area (Å²) in [7, 11) is 0. The van der Waals surface area contributed by atoms with Crippen LogP contribution >= 0.6 is 0 Å². The summed E-state index contributed by atoms with van der Waals surface area (Å²) in [5.41, 5.74) is 0.792. The number of rotatable bonds is 14. The highest BCUT2D eigenvalue weighted by Crippen LogP contribution is 2.16. The van der Waals surface area contributed by atoms with Gasteiger partial charge in [0.25, 0.3) is 0 Å². The number of anilines is 1. The van der Waals surface area contributed by atoms with Gasteiger partial charge in [0, 0.05) is 18.8 Å². The number of likely N-dealkylation sites (tertiary alicyclic amines) is 1. The molecule has 1 fully saturated rings. The zero-order valence-corrected chi connectivity index (χ0v) is 18.4. The Kier molecular flexibility index (Phi) is 12.3. The molecule has 0 atom stereocenters. The van der Waals surface area contributed by atoms with E-state index in [1.165, 1.54) is 64.2 Å². The third-order valence-corrected chi connectivity index (χ3v) is 5.54. The van der Waals surface area contributed by atoms with Crippen molar-refractivity contribution in [1.29, 1.82) is 0 Å². The first kappa shape index (κ1) is 23.5. The van der Waals surface area contributed by atoms with Gasteiger partial charge in [0.1, 0.15) is 5.75 Å². The van der Waals surface area contributed by atoms with Gasteiger partial charge >= 0.3 is 6.03 Å². The number of unbranched alkanes of at least 4 members (excludes halogenated alkanes) is 7. The molecule has 2 rings (SSSR count). The minimum absolute atomic E-state index is 0.144. The molecule has 1 aromatic rings. The molecule has 0 radical (unpaired) electrons. The number of piperidine rings is 1. The van der Waals surface area contributed by atoms with Crippen molar-refractivity contribution < 1.29 is 9.53 Å². The monoisotopic (exact) mass is 403 g/mol. The summed E-state index contributed by atoms with van der Waals surface area (Å²) in [6.07, 6.45) is 14.3. The minimum Gasteiger partial charge on any atom is -0.494 e. The zero-order chi connectivity index (χ0) is 20.6. The van der Waals surface area contributed by atoms with Gasteiger partial charge in [0.2, 0.25) is 0 Å². The molecule has 0 aliphatic carbocycles. The van der Waals surface area contributed by atoms with Gasteiger partial charge in [-0.15, -0.1) is 0 Å². The number of ether oxygens (including phenoxy) is 1. The molecule has 0 unspecified atom stereocenters. The normalized spacial score (nSPS) is 14.5. The molecule has 1 aromatic carbocycles. The van der Waals surface area contributed by atoms with E-state index in [-0.39, 0.29) is 6.03 Å². The van der Waals surface area contributed by atoms with Crippen LogP contribution in [0.15, 0.2) is 24.3 Å². The summed E-state index contributed by atoms with van der Waals surface area (Å²) in [6.45, 7) is 6.95. The van der Waals surface area contributed by atoms with E-state index in [9.17, 15) is 4.79 Å². The topological polar surface area (TPSA) is 53.6 Å². The second kappa shape index (κ2) is 15.1. The Labute approximate surface area is 177 Å². The summed E-state index contributed by atoms with van der Waals surface area (Å²) >= 11 is 0. The lowest BCUT2D eigenvalue weighted by molar-refractivity contribution is 0.224. The first-order valence-corrected chi connectivity index (χ1v) is 11.8. The van der Waals surface area contributed by atoms with E-state index < -0.39 is 0 Å². The maximum atomic E-state index is 12.0. The molecule has 0 bridgehead atoms. The van der Waals surface area contributed by atoms with Gasteiger partial charge in [-0.1, -0.05) is 58.3 Å². The first-order chi connectivity index (χ1) is 14.3. The highest BCUT2D eigenvalue weighted by Gasteiger charge is 2.10. The Morgan fingerprint density at radius 3 is 2.28 bits per heavy atom. The smallest absolute Gasteiger partial charge is 0.319 e. The van der Waals surface area contributed by atoms with Gasteiger partial charge in [-0.05, 0) is 56.6 Å². The van der Waals surface area contributed by atoms with E-state index in [0.29, 0.717) is 6.54 Å². The highest BCUT2D eigenvalue weighted by molar-refractivity contribution is 5.89. The molecule has 5 nitrogen and oxygen atoms in total. The van der Waals surface area contributed by atoms with E-state index in [0.717, 1.165) is 44.1 Å². The van der Waals surface area contributed by atoms with Crippen molar-refractivity contribution in [2.75, 3.05) is 38.1 Å². The zero-order valence-electron chi connectivity index (χ0n) is 18.4. The molecule has 0 aromatic heterocycles. The van der Waals surface area contributed by atoms with Gasteiger partial charge in [0.05, 0.1) is 6.61 Å². The van der Waals surface area contributed by atoms with Crippen molar-refractivity contribution in [3.63, 3.8) is 0 Å². The molecule has 0 saturated carbocycles. The van der Waals surface area contributed by atoms with Gasteiger partial charge < -0.3 is 20.3 Å². The van der Waals surface area contributed by atoms with Gasteiger partial charge in [0.15, 0.2) is 0 Å². The lowest BCUT2D eigenvalue weighted by Crippen LogP contribution is -2.39. The molecular formula is C24H41N3O2. The SMILES string of the molecule is CCCCCCCCCCOc1ccc(NC(=O)NCCN2CCCCC2)cc1. The van der Waals surface area contributed by atoms with Crippen molar-refractivity contribution in [2.45, 2.75) is 77.6 Å². The van der Waals surface area contributed by atoms with E-state index in [4.69, 9.17) is 4.74 Å². The van der Waals surface area contributed by atoms with Crippen LogP contribution in [0, 0.1) is 0 Å². The number of benzene rings is 1. The number of nitrogens with one attached hydrogen (secondary N) is 2. The summed E-state index contributed by atoms with van der Waals surface area (Å²) in [5.74, 6) is 0.865. The minimum atomic E-state index is -0.144. The Morgan fingerprint density at radius 2 is 1.59 bits per heavy atom. The van der Waals surface area contributed by atoms with Gasteiger partial charge in [-0.3, -0.25) is 0 Å². The van der Waals surface area contributed by atoms with Crippen LogP contribution < -0.4 is 15.4 Å². The second-order valence-electron chi connectivity index (χ2n) is 8.13. The summed E-state index contributed by atoms with van der Waals surface area (Å²) in [4.78, 5) is 14.4. The molecule has 5 heteroatoms. The third-order valence-electron chi connectivity index (χ3n) is 5.54. The Balaban J connectivity index is 1.50. The number of amides is 2. The number of hydrogen-bond acceptors (Lipinski definition) is 3. The number of nitrogens with zero attached hydrogens (tertiary/aromatic N) is 1. The quantitative estimate of drug-likeness (QED) is 0.385. The van der Waals surface area contributed by atoms with Crippen LogP contribution in [-0.4, -0.2) is 43.7 Å². The average Bonchev–Trinajstić information content (AvgIpc) is 2.74. The largest absolute Gasteiger partial charge is 0.494 e. The fraction of sp³-hybridized carbons (Fsp3) is 0.708. The number of urea groups is 1. The molecule has 2 amide bonds. The molecule has 1 aliphatic rings. The van der Waals surface area contributed by atoms with Crippen molar-refractivity contribution in [3.8, 4) is 5.75 Å². The third kappa shape index (κ3) is 11.1. The predicted molar refractivity (Wildman–Crippen MR) is 122 cm³/mol. The summed E-state index contributed by atoms with van der Waals surface area (Å²) < 4.78 is 5.81. The summed E-state index contributed by atoms with van der Waals surface area (Å²) in [6, 6.07) is 7.50. The lowest BCUT2D eigenvalue weighted by Gasteiger charge is -2.26. The molecule has 1 aliphatic heterocycles. The van der Waals surface area contributed by atoms with Crippen molar-refractivity contribution in [1.82, 2.24) is 10.2 Å². The van der Waals surface area contributed by atoms with E-state index in [1.807, 2.05) is 24.3 Å². The van der Waals surface area contributed by atoms with Crippen molar-refractivity contribution in [2.24, 2.45) is 0 Å².